The van der Waals surface area contributed by atoms with Crippen LogP contribution in [0.4, 0.5) is 17.6 Å². The average Bonchev–Trinajstić information content (AvgIpc) is 3.02. The van der Waals surface area contributed by atoms with Gasteiger partial charge >= 0.3 is 5.97 Å². The molecule has 27 heavy (non-hydrogen) atoms. The summed E-state index contributed by atoms with van der Waals surface area (Å²) in [6.45, 7) is 1.76. The number of hydrogen-bond donors (Lipinski definition) is 0. The summed E-state index contributed by atoms with van der Waals surface area (Å²) in [6, 6.07) is 0. The largest absolute Gasteiger partial charge is 0.462 e. The van der Waals surface area contributed by atoms with Crippen LogP contribution in [0.1, 0.15) is 63.8 Å². The Labute approximate surface area is 165 Å². The molecule has 0 N–H and O–H groups in total. The van der Waals surface area contributed by atoms with E-state index in [0.717, 1.165) is 4.68 Å². The third-order valence-electron chi connectivity index (χ3n) is 2.58. The third kappa shape index (κ3) is 8.55. The van der Waals surface area contributed by atoms with Gasteiger partial charge in [0.2, 0.25) is 0 Å². The molecule has 0 atom stereocenters. The molecule has 0 saturated carbocycles. The molecule has 11 heteroatoms. The number of alkyl halides is 4. The summed E-state index contributed by atoms with van der Waals surface area (Å²) < 4.78 is 56.0. The number of ether oxygens (including phenoxy) is 1. The molecule has 0 aliphatic heterocycles. The van der Waals surface area contributed by atoms with Crippen molar-refractivity contribution in [3.63, 3.8) is 0 Å². The fraction of sp³-hybridized carbons (Fsp3) is 0.562. The number of aromatic nitrogens is 4. The molecule has 2 aromatic rings. The second-order valence-corrected chi connectivity index (χ2v) is 5.31. The summed E-state index contributed by atoms with van der Waals surface area (Å²) in [5.41, 5.74) is -0.919. The Morgan fingerprint density at radius 1 is 1.04 bits per heavy atom. The van der Waals surface area contributed by atoms with Crippen molar-refractivity contribution >= 4 is 21.9 Å². The molecule has 2 aromatic heterocycles. The smallest absolute Gasteiger partial charge is 0.341 e. The highest BCUT2D eigenvalue weighted by molar-refractivity contribution is 9.10. The van der Waals surface area contributed by atoms with Crippen molar-refractivity contribution in [2.75, 3.05) is 6.61 Å². The van der Waals surface area contributed by atoms with Gasteiger partial charge in [0.05, 0.1) is 11.1 Å². The van der Waals surface area contributed by atoms with Crippen molar-refractivity contribution in [3.8, 4) is 0 Å². The SMILES string of the molecule is C.C.C.CCOC(=O)c1cn(C)nc1C(F)F.Cn1cc(Br)c(C(F)F)n1. The first kappa shape index (κ1) is 29.8. The van der Waals surface area contributed by atoms with E-state index < -0.39 is 24.5 Å². The van der Waals surface area contributed by atoms with Crippen LogP contribution in [-0.2, 0) is 18.8 Å². The first-order chi connectivity index (χ1) is 11.2. The van der Waals surface area contributed by atoms with Gasteiger partial charge in [0.15, 0.2) is 0 Å². The first-order valence-electron chi connectivity index (χ1n) is 6.63. The molecule has 0 aliphatic carbocycles. The lowest BCUT2D eigenvalue weighted by Crippen LogP contribution is -2.06. The monoisotopic (exact) mass is 462 g/mol. The quantitative estimate of drug-likeness (QED) is 0.440. The molecule has 0 saturated heterocycles. The van der Waals surface area contributed by atoms with Crippen molar-refractivity contribution in [2.45, 2.75) is 42.1 Å². The van der Waals surface area contributed by atoms with Gasteiger partial charge in [0.1, 0.15) is 17.0 Å². The van der Waals surface area contributed by atoms with Crippen LogP contribution in [0.2, 0.25) is 0 Å². The third-order valence-corrected chi connectivity index (χ3v) is 3.19. The molecule has 2 heterocycles. The van der Waals surface area contributed by atoms with Crippen molar-refractivity contribution in [1.29, 1.82) is 0 Å². The van der Waals surface area contributed by atoms with Crippen LogP contribution >= 0.6 is 15.9 Å². The fourth-order valence-electron chi connectivity index (χ4n) is 1.66. The highest BCUT2D eigenvalue weighted by Crippen LogP contribution is 2.24. The normalized spacial score (nSPS) is 9.56. The van der Waals surface area contributed by atoms with Crippen LogP contribution in [-0.4, -0.2) is 32.1 Å². The Morgan fingerprint density at radius 2 is 1.48 bits per heavy atom. The molecular formula is C16H27BrF4N4O2. The maximum absolute atomic E-state index is 12.4. The van der Waals surface area contributed by atoms with Crippen LogP contribution in [0, 0.1) is 0 Å². The van der Waals surface area contributed by atoms with Crippen LogP contribution in [0.15, 0.2) is 16.9 Å². The van der Waals surface area contributed by atoms with Gasteiger partial charge in [0, 0.05) is 26.5 Å². The van der Waals surface area contributed by atoms with Crippen LogP contribution in [0.25, 0.3) is 0 Å². The summed E-state index contributed by atoms with van der Waals surface area (Å²) >= 11 is 2.95. The number of esters is 1. The van der Waals surface area contributed by atoms with E-state index in [1.807, 2.05) is 0 Å². The summed E-state index contributed by atoms with van der Waals surface area (Å²) in [5.74, 6) is -0.768. The van der Waals surface area contributed by atoms with E-state index >= 15 is 0 Å². The average molecular weight is 463 g/mol. The van der Waals surface area contributed by atoms with Gasteiger partial charge in [-0.2, -0.15) is 10.2 Å². The van der Waals surface area contributed by atoms with E-state index in [2.05, 4.69) is 30.9 Å². The van der Waals surface area contributed by atoms with Gasteiger partial charge in [0.25, 0.3) is 12.9 Å². The number of carbonyl (C=O) groups excluding carboxylic acids is 1. The molecule has 0 spiro atoms. The van der Waals surface area contributed by atoms with Gasteiger partial charge in [-0.1, -0.05) is 22.3 Å². The maximum atomic E-state index is 12.4. The molecule has 0 bridgehead atoms. The Bertz CT molecular complexity index is 690. The van der Waals surface area contributed by atoms with Crippen molar-refractivity contribution < 1.29 is 27.1 Å². The number of rotatable bonds is 4. The zero-order valence-corrected chi connectivity index (χ0v) is 14.6. The number of carbonyl (C=O) groups is 1. The summed E-state index contributed by atoms with van der Waals surface area (Å²) in [7, 11) is 3.06. The molecule has 0 unspecified atom stereocenters. The summed E-state index contributed by atoms with van der Waals surface area (Å²) in [6.07, 6.45) is -2.56. The number of halogens is 5. The van der Waals surface area contributed by atoms with Crippen molar-refractivity contribution in [2.24, 2.45) is 14.1 Å². The van der Waals surface area contributed by atoms with Crippen LogP contribution < -0.4 is 0 Å². The first-order valence-corrected chi connectivity index (χ1v) is 7.42. The second-order valence-electron chi connectivity index (χ2n) is 4.46. The lowest BCUT2D eigenvalue weighted by atomic mass is 10.2. The van der Waals surface area contributed by atoms with Crippen LogP contribution in [0.5, 0.6) is 0 Å². The highest BCUT2D eigenvalue weighted by atomic mass is 79.9. The van der Waals surface area contributed by atoms with Gasteiger partial charge in [-0.15, -0.1) is 0 Å². The number of aryl methyl sites for hydroxylation is 2. The number of hydrogen-bond acceptors (Lipinski definition) is 4. The zero-order chi connectivity index (χ0) is 18.4. The minimum atomic E-state index is -2.77. The zero-order valence-electron chi connectivity index (χ0n) is 13.0. The molecule has 158 valence electrons. The second kappa shape index (κ2) is 13.3. The summed E-state index contributed by atoms with van der Waals surface area (Å²) in [5, 5.41) is 7.01. The maximum Gasteiger partial charge on any atom is 0.341 e. The molecule has 6 nitrogen and oxygen atoms in total. The van der Waals surface area contributed by atoms with E-state index in [4.69, 9.17) is 0 Å². The Balaban J connectivity index is -0.000000400. The van der Waals surface area contributed by atoms with Crippen molar-refractivity contribution in [1.82, 2.24) is 19.6 Å². The molecule has 2 rings (SSSR count). The Kier molecular flexibility index (Phi) is 14.7. The van der Waals surface area contributed by atoms with E-state index in [-0.39, 0.29) is 40.1 Å². The highest BCUT2D eigenvalue weighted by Gasteiger charge is 2.23. The lowest BCUT2D eigenvalue weighted by molar-refractivity contribution is 0.0515. The lowest BCUT2D eigenvalue weighted by Gasteiger charge is -2.00. The molecule has 0 radical (unpaired) electrons. The predicted molar refractivity (Wildman–Crippen MR) is 100 cm³/mol. The molecule has 0 aromatic carbocycles. The van der Waals surface area contributed by atoms with Gasteiger partial charge < -0.3 is 4.74 Å². The molecular weight excluding hydrogens is 436 g/mol. The topological polar surface area (TPSA) is 61.9 Å². The standard InChI is InChI=1S/C8H10F2N2O2.C5H5BrF2N2.3CH4/c1-3-14-8(13)5-4-12(2)11-6(5)7(9)10;1-10-2-3(6)4(9-10)5(7)8;;;/h4,7H,3H2,1-2H3;2,5H,1H3;3*1H4. The van der Waals surface area contributed by atoms with E-state index in [0.29, 0.717) is 4.47 Å². The fourth-order valence-corrected chi connectivity index (χ4v) is 2.21. The Hall–Kier alpha value is -1.91. The minimum absolute atomic E-state index is 0. The Morgan fingerprint density at radius 3 is 1.81 bits per heavy atom. The van der Waals surface area contributed by atoms with E-state index in [1.165, 1.54) is 24.1 Å². The van der Waals surface area contributed by atoms with E-state index in [1.54, 1.807) is 14.0 Å². The van der Waals surface area contributed by atoms with Gasteiger partial charge in [-0.3, -0.25) is 9.36 Å². The number of nitrogens with zero attached hydrogens (tertiary/aromatic N) is 4. The molecule has 0 fully saturated rings. The molecule has 0 amide bonds. The summed E-state index contributed by atoms with van der Waals surface area (Å²) in [4.78, 5) is 11.2. The predicted octanol–water partition coefficient (Wildman–Crippen LogP) is 5.56. The van der Waals surface area contributed by atoms with Gasteiger partial charge in [-0.25, -0.2) is 22.4 Å². The van der Waals surface area contributed by atoms with Crippen molar-refractivity contribution in [3.05, 3.63) is 33.8 Å². The van der Waals surface area contributed by atoms with Gasteiger partial charge in [-0.05, 0) is 22.9 Å². The minimum Gasteiger partial charge on any atom is -0.462 e. The van der Waals surface area contributed by atoms with E-state index in [9.17, 15) is 22.4 Å². The molecule has 0 aliphatic rings. The van der Waals surface area contributed by atoms with Crippen LogP contribution in [0.3, 0.4) is 0 Å².